The zero-order valence-corrected chi connectivity index (χ0v) is 33.9. The van der Waals surface area contributed by atoms with Crippen LogP contribution in [0.5, 0.6) is 28.7 Å². The molecule has 0 fully saturated rings. The van der Waals surface area contributed by atoms with E-state index in [4.69, 9.17) is 23.7 Å². The predicted octanol–water partition coefficient (Wildman–Crippen LogP) is 7.99. The summed E-state index contributed by atoms with van der Waals surface area (Å²) in [5.74, 6) is -0.324. The number of benzene rings is 5. The van der Waals surface area contributed by atoms with Crippen molar-refractivity contribution in [1.82, 2.24) is 10.2 Å². The quantitative estimate of drug-likeness (QED) is 0.0704. The molecular formula is C48H52N2O8. The first kappa shape index (κ1) is 41.3. The molecule has 0 saturated carbocycles. The van der Waals surface area contributed by atoms with E-state index < -0.39 is 23.8 Å². The van der Waals surface area contributed by atoms with Crippen molar-refractivity contribution in [3.05, 3.63) is 149 Å². The molecule has 58 heavy (non-hydrogen) atoms. The third-order valence-corrected chi connectivity index (χ3v) is 10.8. The van der Waals surface area contributed by atoms with Gasteiger partial charge in [0.1, 0.15) is 6.04 Å². The Hall–Kier alpha value is -6.29. The molecule has 0 saturated heterocycles. The van der Waals surface area contributed by atoms with Crippen molar-refractivity contribution in [3.63, 3.8) is 0 Å². The molecule has 1 aliphatic heterocycles. The molecule has 302 valence electrons. The van der Waals surface area contributed by atoms with Crippen LogP contribution in [0, 0.1) is 0 Å². The summed E-state index contributed by atoms with van der Waals surface area (Å²) in [5.41, 5.74) is 4.75. The van der Waals surface area contributed by atoms with Crippen LogP contribution < -0.4 is 29.0 Å². The monoisotopic (exact) mass is 784 g/mol. The van der Waals surface area contributed by atoms with Crippen LogP contribution in [-0.4, -0.2) is 70.1 Å². The Morgan fingerprint density at radius 2 is 1.14 bits per heavy atom. The van der Waals surface area contributed by atoms with Crippen molar-refractivity contribution < 1.29 is 38.1 Å². The molecule has 0 aromatic heterocycles. The van der Waals surface area contributed by atoms with Gasteiger partial charge >= 0.3 is 0 Å². The van der Waals surface area contributed by atoms with E-state index in [9.17, 15) is 9.59 Å². The molecule has 2 amide bonds. The number of fused-ring (bicyclic) bond motifs is 1. The van der Waals surface area contributed by atoms with Gasteiger partial charge in [-0.3, -0.25) is 14.4 Å². The summed E-state index contributed by atoms with van der Waals surface area (Å²) in [6.07, 6.45) is 5.08. The SMILES string of the molecule is COc1cc2c(cc1OC)C(c1ccccc1)N(C(=O)C(=O)c1cc(OC)c(OC)c(OC)c1)[C@H](C(=O)NC(CCCc1ccccc1)CCCc1ccccc1)C2. The molecule has 5 aromatic carbocycles. The van der Waals surface area contributed by atoms with E-state index in [2.05, 4.69) is 29.6 Å². The van der Waals surface area contributed by atoms with Gasteiger partial charge in [-0.25, -0.2) is 0 Å². The fourth-order valence-electron chi connectivity index (χ4n) is 7.89. The van der Waals surface area contributed by atoms with Crippen LogP contribution in [0.3, 0.4) is 0 Å². The van der Waals surface area contributed by atoms with Crippen molar-refractivity contribution in [3.8, 4) is 28.7 Å². The lowest BCUT2D eigenvalue weighted by Gasteiger charge is -2.43. The summed E-state index contributed by atoms with van der Waals surface area (Å²) in [6.45, 7) is 0. The van der Waals surface area contributed by atoms with Gasteiger partial charge in [-0.2, -0.15) is 0 Å². The minimum Gasteiger partial charge on any atom is -0.493 e. The van der Waals surface area contributed by atoms with Crippen LogP contribution in [0.2, 0.25) is 0 Å². The van der Waals surface area contributed by atoms with E-state index in [0.29, 0.717) is 11.5 Å². The van der Waals surface area contributed by atoms with Gasteiger partial charge in [0.05, 0.1) is 41.6 Å². The Morgan fingerprint density at radius 3 is 1.64 bits per heavy atom. The van der Waals surface area contributed by atoms with Gasteiger partial charge in [0.2, 0.25) is 11.7 Å². The molecule has 1 N–H and O–H groups in total. The Bertz CT molecular complexity index is 2090. The molecule has 10 heteroatoms. The number of amides is 2. The highest BCUT2D eigenvalue weighted by molar-refractivity contribution is 6.43. The number of carbonyl (C=O) groups excluding carboxylic acids is 3. The molecule has 1 aliphatic rings. The number of carbonyl (C=O) groups is 3. The normalized spacial score (nSPS) is 14.6. The van der Waals surface area contributed by atoms with Crippen molar-refractivity contribution in [2.24, 2.45) is 0 Å². The summed E-state index contributed by atoms with van der Waals surface area (Å²) in [4.78, 5) is 45.9. The molecule has 5 aromatic rings. The van der Waals surface area contributed by atoms with Crippen molar-refractivity contribution in [2.75, 3.05) is 35.5 Å². The zero-order valence-electron chi connectivity index (χ0n) is 33.9. The maximum absolute atomic E-state index is 15.0. The van der Waals surface area contributed by atoms with E-state index in [-0.39, 0.29) is 41.2 Å². The summed E-state index contributed by atoms with van der Waals surface area (Å²) in [7, 11) is 7.46. The second kappa shape index (κ2) is 19.7. The minimum atomic E-state index is -1.06. The van der Waals surface area contributed by atoms with Gasteiger partial charge in [-0.05, 0) is 90.6 Å². The van der Waals surface area contributed by atoms with Crippen LogP contribution in [0.4, 0.5) is 0 Å². The topological polar surface area (TPSA) is 113 Å². The van der Waals surface area contributed by atoms with Gasteiger partial charge < -0.3 is 33.9 Å². The Balaban J connectivity index is 1.40. The van der Waals surface area contributed by atoms with Gasteiger partial charge in [-0.1, -0.05) is 91.0 Å². The number of nitrogens with zero attached hydrogens (tertiary/aromatic N) is 1. The van der Waals surface area contributed by atoms with Crippen LogP contribution in [-0.2, 0) is 28.9 Å². The summed E-state index contributed by atoms with van der Waals surface area (Å²) in [6, 6.07) is 34.6. The molecule has 0 bridgehead atoms. The van der Waals surface area contributed by atoms with Crippen molar-refractivity contribution >= 4 is 17.6 Å². The van der Waals surface area contributed by atoms with E-state index in [1.165, 1.54) is 49.5 Å². The summed E-state index contributed by atoms with van der Waals surface area (Å²) < 4.78 is 28.0. The average molecular weight is 785 g/mol. The molecule has 2 atom stereocenters. The van der Waals surface area contributed by atoms with Crippen LogP contribution in [0.1, 0.15) is 69.9 Å². The van der Waals surface area contributed by atoms with Crippen LogP contribution >= 0.6 is 0 Å². The Morgan fingerprint density at radius 1 is 0.638 bits per heavy atom. The first-order valence-corrected chi connectivity index (χ1v) is 19.6. The van der Waals surface area contributed by atoms with Gasteiger partial charge in [0.15, 0.2) is 23.0 Å². The number of methoxy groups -OCH3 is 5. The summed E-state index contributed by atoms with van der Waals surface area (Å²) >= 11 is 0. The second-order valence-corrected chi connectivity index (χ2v) is 14.4. The fraction of sp³-hybridized carbons (Fsp3) is 0.312. The highest BCUT2D eigenvalue weighted by Crippen LogP contribution is 2.44. The fourth-order valence-corrected chi connectivity index (χ4v) is 7.89. The standard InChI is InChI=1S/C48H52N2O8/c1-54-40-28-35-27-39(47(52)49-37(25-15-21-32-17-9-6-10-18-32)26-16-22-33-19-11-7-12-20-33)50(44(34-23-13-8-14-24-34)38(35)31-41(40)55-2)48(53)45(51)36-29-42(56-3)46(58-5)43(30-36)57-4/h6-14,17-20,23-24,28-31,37,39,44H,15-16,21-22,25-27H2,1-5H3,(H,49,52)/t39-,44?/m0/s1. The molecule has 1 unspecified atom stereocenters. The van der Waals surface area contributed by atoms with Crippen LogP contribution in [0.25, 0.3) is 0 Å². The molecule has 1 heterocycles. The number of rotatable bonds is 18. The highest BCUT2D eigenvalue weighted by Gasteiger charge is 2.45. The zero-order chi connectivity index (χ0) is 41.0. The maximum atomic E-state index is 15.0. The van der Waals surface area contributed by atoms with E-state index >= 15 is 4.79 Å². The Labute approximate surface area is 341 Å². The molecular weight excluding hydrogens is 733 g/mol. The number of Topliss-reactive ketones (excluding diaryl/α,β-unsaturated/α-hetero) is 1. The van der Waals surface area contributed by atoms with E-state index in [1.54, 1.807) is 14.2 Å². The number of nitrogens with one attached hydrogen (secondary N) is 1. The largest absolute Gasteiger partial charge is 0.493 e. The lowest BCUT2D eigenvalue weighted by atomic mass is 9.83. The smallest absolute Gasteiger partial charge is 0.296 e. The number of ether oxygens (including phenoxy) is 5. The van der Waals surface area contributed by atoms with E-state index in [0.717, 1.165) is 55.2 Å². The molecule has 0 spiro atoms. The first-order chi connectivity index (χ1) is 28.3. The lowest BCUT2D eigenvalue weighted by Crippen LogP contribution is -2.57. The van der Waals surface area contributed by atoms with Gasteiger partial charge in [0, 0.05) is 18.0 Å². The lowest BCUT2D eigenvalue weighted by molar-refractivity contribution is -0.140. The van der Waals surface area contributed by atoms with Crippen molar-refractivity contribution in [2.45, 2.75) is 63.1 Å². The average Bonchev–Trinajstić information content (AvgIpc) is 3.27. The third-order valence-electron chi connectivity index (χ3n) is 10.8. The molecule has 0 aliphatic carbocycles. The Kier molecular flexibility index (Phi) is 14.1. The predicted molar refractivity (Wildman–Crippen MR) is 223 cm³/mol. The molecule has 6 rings (SSSR count). The third kappa shape index (κ3) is 9.45. The maximum Gasteiger partial charge on any atom is 0.296 e. The summed E-state index contributed by atoms with van der Waals surface area (Å²) in [5, 5.41) is 3.37. The number of aryl methyl sites for hydroxylation is 2. The van der Waals surface area contributed by atoms with Gasteiger partial charge in [0.25, 0.3) is 11.7 Å². The van der Waals surface area contributed by atoms with Crippen LogP contribution in [0.15, 0.2) is 115 Å². The number of hydrogen-bond donors (Lipinski definition) is 1. The first-order valence-electron chi connectivity index (χ1n) is 19.6. The molecule has 0 radical (unpaired) electrons. The number of hydrogen-bond acceptors (Lipinski definition) is 8. The number of ketones is 1. The van der Waals surface area contributed by atoms with Crippen molar-refractivity contribution in [1.29, 1.82) is 0 Å². The second-order valence-electron chi connectivity index (χ2n) is 14.4. The minimum absolute atomic E-state index is 0.0308. The molecule has 10 nitrogen and oxygen atoms in total. The van der Waals surface area contributed by atoms with E-state index in [1.807, 2.05) is 78.9 Å². The highest BCUT2D eigenvalue weighted by atomic mass is 16.5. The van der Waals surface area contributed by atoms with Gasteiger partial charge in [-0.15, -0.1) is 0 Å².